The summed E-state index contributed by atoms with van der Waals surface area (Å²) in [4.78, 5) is 13.0. The first-order valence-electron chi connectivity index (χ1n) is 7.81. The molecule has 1 saturated heterocycles. The van der Waals surface area contributed by atoms with Gasteiger partial charge >= 0.3 is 0 Å². The molecule has 2 aromatic rings. The predicted molar refractivity (Wildman–Crippen MR) is 94.6 cm³/mol. The summed E-state index contributed by atoms with van der Waals surface area (Å²) in [6.07, 6.45) is 1.30. The molecule has 1 aliphatic rings. The van der Waals surface area contributed by atoms with Gasteiger partial charge in [-0.15, -0.1) is 0 Å². The standard InChI is InChI=1S/C14H21N5O3S2/c1-3-7(2)23-24-13-11-12(17-14(15)18-13)19(6-16-11)10-4-8(21)9(5-20)22-10/h6-10,20-21H,3-5H2,1-2H3,(H2,15,17,18)/t7?,8-,9+,10?/m0/s1. The summed E-state index contributed by atoms with van der Waals surface area (Å²) in [6.45, 7) is 4.06. The van der Waals surface area contributed by atoms with Crippen molar-refractivity contribution in [2.45, 2.75) is 55.4 Å². The maximum atomic E-state index is 9.93. The molecule has 132 valence electrons. The third kappa shape index (κ3) is 3.47. The molecule has 10 heteroatoms. The summed E-state index contributed by atoms with van der Waals surface area (Å²) in [5, 5.41) is 20.4. The van der Waals surface area contributed by atoms with E-state index in [9.17, 15) is 10.2 Å². The molecule has 0 bridgehead atoms. The lowest BCUT2D eigenvalue weighted by Crippen LogP contribution is -2.24. The van der Waals surface area contributed by atoms with E-state index in [2.05, 4.69) is 28.8 Å². The maximum absolute atomic E-state index is 9.93. The number of aliphatic hydroxyl groups excluding tert-OH is 2. The van der Waals surface area contributed by atoms with E-state index in [1.807, 2.05) is 0 Å². The van der Waals surface area contributed by atoms with Gasteiger partial charge < -0.3 is 20.7 Å². The van der Waals surface area contributed by atoms with Crippen LogP contribution in [0.25, 0.3) is 11.2 Å². The Hall–Kier alpha value is -1.07. The number of ether oxygens (including phenoxy) is 1. The first-order chi connectivity index (χ1) is 11.5. The van der Waals surface area contributed by atoms with Crippen molar-refractivity contribution in [2.24, 2.45) is 0 Å². The second-order valence-corrected chi connectivity index (χ2v) is 8.35. The number of fused-ring (bicyclic) bond motifs is 1. The van der Waals surface area contributed by atoms with Gasteiger partial charge in [0.2, 0.25) is 5.95 Å². The Morgan fingerprint density at radius 2 is 2.29 bits per heavy atom. The summed E-state index contributed by atoms with van der Waals surface area (Å²) in [6, 6.07) is 0. The molecule has 1 fully saturated rings. The monoisotopic (exact) mass is 371 g/mol. The minimum absolute atomic E-state index is 0.175. The van der Waals surface area contributed by atoms with Gasteiger partial charge in [-0.3, -0.25) is 4.57 Å². The lowest BCUT2D eigenvalue weighted by atomic mass is 10.2. The number of hydrogen-bond donors (Lipinski definition) is 3. The Bertz CT molecular complexity index is 713. The average molecular weight is 371 g/mol. The molecule has 3 rings (SSSR count). The van der Waals surface area contributed by atoms with Crippen molar-refractivity contribution in [3.8, 4) is 0 Å². The molecule has 0 aliphatic carbocycles. The Kier molecular flexibility index (Phi) is 5.50. The third-order valence-corrected chi connectivity index (χ3v) is 6.92. The predicted octanol–water partition coefficient (Wildman–Crippen LogP) is 1.59. The van der Waals surface area contributed by atoms with E-state index in [4.69, 9.17) is 10.5 Å². The highest BCUT2D eigenvalue weighted by molar-refractivity contribution is 8.77. The smallest absolute Gasteiger partial charge is 0.223 e. The molecule has 2 unspecified atom stereocenters. The van der Waals surface area contributed by atoms with E-state index in [0.717, 1.165) is 11.4 Å². The van der Waals surface area contributed by atoms with E-state index in [1.165, 1.54) is 10.8 Å². The molecular formula is C14H21N5O3S2. The molecule has 2 aromatic heterocycles. The number of nitrogen functional groups attached to an aromatic ring is 1. The van der Waals surface area contributed by atoms with Crippen LogP contribution in [0, 0.1) is 0 Å². The van der Waals surface area contributed by atoms with Gasteiger partial charge in [0.1, 0.15) is 22.9 Å². The van der Waals surface area contributed by atoms with Gasteiger partial charge in [-0.25, -0.2) is 9.97 Å². The van der Waals surface area contributed by atoms with E-state index in [-0.39, 0.29) is 12.6 Å². The number of rotatable bonds is 6. The van der Waals surface area contributed by atoms with Crippen LogP contribution in [0.2, 0.25) is 0 Å². The zero-order valence-corrected chi connectivity index (χ0v) is 15.1. The van der Waals surface area contributed by atoms with Crippen LogP contribution in [0.4, 0.5) is 5.95 Å². The zero-order chi connectivity index (χ0) is 17.3. The number of nitrogens with two attached hydrogens (primary N) is 1. The van der Waals surface area contributed by atoms with E-state index in [1.54, 1.807) is 21.7 Å². The van der Waals surface area contributed by atoms with Gasteiger partial charge in [-0.05, 0) is 17.2 Å². The van der Waals surface area contributed by atoms with Crippen LogP contribution in [0.1, 0.15) is 32.9 Å². The Morgan fingerprint density at radius 1 is 1.50 bits per heavy atom. The number of imidazole rings is 1. The first-order valence-corrected chi connectivity index (χ1v) is 10.0. The molecule has 0 amide bonds. The fraction of sp³-hybridized carbons (Fsp3) is 0.643. The minimum Gasteiger partial charge on any atom is -0.394 e. The normalized spacial score (nSPS) is 25.4. The third-order valence-electron chi connectivity index (χ3n) is 3.97. The summed E-state index contributed by atoms with van der Waals surface area (Å²) in [5.41, 5.74) is 7.09. The zero-order valence-electron chi connectivity index (χ0n) is 13.5. The first kappa shape index (κ1) is 17.7. The molecule has 0 saturated carbocycles. The summed E-state index contributed by atoms with van der Waals surface area (Å²) < 4.78 is 7.42. The molecule has 0 spiro atoms. The lowest BCUT2D eigenvalue weighted by Gasteiger charge is -2.14. The number of aliphatic hydroxyl groups is 2. The number of aromatic nitrogens is 4. The van der Waals surface area contributed by atoms with E-state index >= 15 is 0 Å². The SMILES string of the molecule is CCC(C)SSc1nc(N)nc2c1ncn2C1C[C@H](O)[C@@H](CO)O1. The van der Waals surface area contributed by atoms with Crippen LogP contribution in [0.5, 0.6) is 0 Å². The molecular weight excluding hydrogens is 350 g/mol. The van der Waals surface area contributed by atoms with Crippen molar-refractivity contribution in [3.63, 3.8) is 0 Å². The van der Waals surface area contributed by atoms with Crippen molar-refractivity contribution in [1.29, 1.82) is 0 Å². The van der Waals surface area contributed by atoms with Crippen LogP contribution < -0.4 is 5.73 Å². The second kappa shape index (κ2) is 7.44. The minimum atomic E-state index is -0.716. The van der Waals surface area contributed by atoms with Gasteiger partial charge in [0.15, 0.2) is 5.65 Å². The highest BCUT2D eigenvalue weighted by Crippen LogP contribution is 2.39. The van der Waals surface area contributed by atoms with Crippen molar-refractivity contribution in [2.75, 3.05) is 12.3 Å². The van der Waals surface area contributed by atoms with E-state index < -0.39 is 18.4 Å². The van der Waals surface area contributed by atoms with Crippen LogP contribution in [-0.2, 0) is 4.74 Å². The Morgan fingerprint density at radius 3 is 2.96 bits per heavy atom. The molecule has 24 heavy (non-hydrogen) atoms. The van der Waals surface area contributed by atoms with Crippen LogP contribution >= 0.6 is 21.6 Å². The Labute approximate surface area is 147 Å². The molecule has 1 aliphatic heterocycles. The fourth-order valence-corrected chi connectivity index (χ4v) is 4.69. The van der Waals surface area contributed by atoms with Gasteiger partial charge in [-0.2, -0.15) is 4.98 Å². The van der Waals surface area contributed by atoms with Gasteiger partial charge in [-0.1, -0.05) is 24.6 Å². The summed E-state index contributed by atoms with van der Waals surface area (Å²) >= 11 is 0. The largest absolute Gasteiger partial charge is 0.394 e. The molecule has 8 nitrogen and oxygen atoms in total. The van der Waals surface area contributed by atoms with Crippen molar-refractivity contribution < 1.29 is 14.9 Å². The van der Waals surface area contributed by atoms with Crippen molar-refractivity contribution in [1.82, 2.24) is 19.5 Å². The Balaban J connectivity index is 1.90. The van der Waals surface area contributed by atoms with Gasteiger partial charge in [0.05, 0.1) is 19.0 Å². The van der Waals surface area contributed by atoms with Crippen LogP contribution in [0.3, 0.4) is 0 Å². The quantitative estimate of drug-likeness (QED) is 0.513. The molecule has 0 aromatic carbocycles. The van der Waals surface area contributed by atoms with Crippen LogP contribution in [0.15, 0.2) is 11.4 Å². The van der Waals surface area contributed by atoms with E-state index in [0.29, 0.717) is 22.8 Å². The molecule has 0 radical (unpaired) electrons. The number of nitrogens with zero attached hydrogens (tertiary/aromatic N) is 4. The molecule has 3 heterocycles. The highest BCUT2D eigenvalue weighted by Gasteiger charge is 2.35. The van der Waals surface area contributed by atoms with Crippen molar-refractivity contribution >= 4 is 38.7 Å². The van der Waals surface area contributed by atoms with Crippen molar-refractivity contribution in [3.05, 3.63) is 6.33 Å². The number of anilines is 1. The van der Waals surface area contributed by atoms with Gasteiger partial charge in [0, 0.05) is 11.7 Å². The topological polar surface area (TPSA) is 119 Å². The van der Waals surface area contributed by atoms with Gasteiger partial charge in [0.25, 0.3) is 0 Å². The second-order valence-electron chi connectivity index (χ2n) is 5.72. The molecule has 4 N–H and O–H groups in total. The highest BCUT2D eigenvalue weighted by atomic mass is 33.1. The fourth-order valence-electron chi connectivity index (χ4n) is 2.42. The van der Waals surface area contributed by atoms with Crippen LogP contribution in [-0.4, -0.2) is 53.8 Å². The maximum Gasteiger partial charge on any atom is 0.223 e. The molecule has 4 atom stereocenters. The lowest BCUT2D eigenvalue weighted by molar-refractivity contribution is -0.0432. The number of hydrogen-bond acceptors (Lipinski definition) is 9. The average Bonchev–Trinajstić information content (AvgIpc) is 3.15. The summed E-state index contributed by atoms with van der Waals surface area (Å²) in [5.74, 6) is 0.175. The summed E-state index contributed by atoms with van der Waals surface area (Å²) in [7, 11) is 3.25.